The minimum absolute atomic E-state index is 0. The molecule has 0 heterocycles. The first-order chi connectivity index (χ1) is 11.2. The van der Waals surface area contributed by atoms with Gasteiger partial charge in [-0.2, -0.15) is 0 Å². The standard InChI is InChI=1S/C22H48P.ClH/c1-5-9-10-11-12-13-14-15-16-17-18-19-20-21-22-23(6-2,7-3)8-4;/h5-22H2,1-4H3;1H/q+1;/p-1. The molecule has 24 heavy (non-hydrogen) atoms. The second-order valence-corrected chi connectivity index (χ2v) is 12.6. The molecule has 0 aromatic carbocycles. The average molecular weight is 379 g/mol. The third-order valence-corrected chi connectivity index (χ3v) is 11.3. The molecule has 0 fully saturated rings. The highest BCUT2D eigenvalue weighted by Gasteiger charge is 2.29. The van der Waals surface area contributed by atoms with E-state index in [1.165, 1.54) is 108 Å². The van der Waals surface area contributed by atoms with Crippen molar-refractivity contribution >= 4 is 7.26 Å². The van der Waals surface area contributed by atoms with Crippen molar-refractivity contribution in [2.75, 3.05) is 24.6 Å². The van der Waals surface area contributed by atoms with E-state index in [9.17, 15) is 0 Å². The normalized spacial score (nSPS) is 11.5. The highest BCUT2D eigenvalue weighted by Crippen LogP contribution is 2.58. The molecule has 0 aliphatic heterocycles. The minimum Gasteiger partial charge on any atom is -1.00 e. The van der Waals surface area contributed by atoms with Crippen molar-refractivity contribution in [2.24, 2.45) is 0 Å². The molecular formula is C22H48ClP. The Bertz CT molecular complexity index is 218. The quantitative estimate of drug-likeness (QED) is 0.217. The van der Waals surface area contributed by atoms with Crippen LogP contribution in [-0.2, 0) is 0 Å². The molecule has 0 radical (unpaired) electrons. The Labute approximate surface area is 162 Å². The van der Waals surface area contributed by atoms with E-state index in [2.05, 4.69) is 27.7 Å². The molecule has 0 atom stereocenters. The van der Waals surface area contributed by atoms with Gasteiger partial charge in [-0.15, -0.1) is 0 Å². The second kappa shape index (κ2) is 20.0. The van der Waals surface area contributed by atoms with Crippen LogP contribution in [0.15, 0.2) is 0 Å². The summed E-state index contributed by atoms with van der Waals surface area (Å²) >= 11 is 0. The maximum Gasteiger partial charge on any atom is 0.0594 e. The van der Waals surface area contributed by atoms with Crippen molar-refractivity contribution in [3.05, 3.63) is 0 Å². The molecule has 0 saturated heterocycles. The van der Waals surface area contributed by atoms with Crippen molar-refractivity contribution in [1.29, 1.82) is 0 Å². The lowest BCUT2D eigenvalue weighted by atomic mass is 10.0. The smallest absolute Gasteiger partial charge is 0.0594 e. The zero-order valence-corrected chi connectivity index (χ0v) is 19.2. The van der Waals surface area contributed by atoms with Gasteiger partial charge in [-0.05, 0) is 33.6 Å². The van der Waals surface area contributed by atoms with Crippen LogP contribution in [-0.4, -0.2) is 24.6 Å². The summed E-state index contributed by atoms with van der Waals surface area (Å²) in [7, 11) is -0.523. The predicted molar refractivity (Wildman–Crippen MR) is 114 cm³/mol. The fourth-order valence-corrected chi connectivity index (χ4v) is 6.97. The van der Waals surface area contributed by atoms with Crippen molar-refractivity contribution in [3.63, 3.8) is 0 Å². The molecule has 0 spiro atoms. The zero-order valence-electron chi connectivity index (χ0n) is 17.6. The summed E-state index contributed by atoms with van der Waals surface area (Å²) in [4.78, 5) is 0. The molecular weight excluding hydrogens is 331 g/mol. The zero-order chi connectivity index (χ0) is 17.2. The first-order valence-electron chi connectivity index (χ1n) is 11.1. The summed E-state index contributed by atoms with van der Waals surface area (Å²) in [6.07, 6.45) is 26.7. The molecule has 2 heteroatoms. The van der Waals surface area contributed by atoms with Crippen LogP contribution in [0.1, 0.15) is 118 Å². The fraction of sp³-hybridized carbons (Fsp3) is 1.00. The molecule has 0 bridgehead atoms. The Hall–Kier alpha value is 0.720. The number of unbranched alkanes of at least 4 members (excludes halogenated alkanes) is 13. The van der Waals surface area contributed by atoms with E-state index in [0.29, 0.717) is 0 Å². The van der Waals surface area contributed by atoms with Gasteiger partial charge in [0.1, 0.15) is 0 Å². The van der Waals surface area contributed by atoms with E-state index in [1.807, 2.05) is 0 Å². The molecule has 0 aliphatic rings. The predicted octanol–water partition coefficient (Wildman–Crippen LogP) is 5.55. The van der Waals surface area contributed by atoms with Gasteiger partial charge in [0.25, 0.3) is 0 Å². The van der Waals surface area contributed by atoms with E-state index in [-0.39, 0.29) is 12.4 Å². The number of rotatable bonds is 18. The summed E-state index contributed by atoms with van der Waals surface area (Å²) in [5, 5.41) is 0. The van der Waals surface area contributed by atoms with Crippen LogP contribution in [0.4, 0.5) is 0 Å². The van der Waals surface area contributed by atoms with E-state index in [4.69, 9.17) is 0 Å². The van der Waals surface area contributed by atoms with Gasteiger partial charge in [0.15, 0.2) is 0 Å². The lowest BCUT2D eigenvalue weighted by Gasteiger charge is -2.23. The lowest BCUT2D eigenvalue weighted by Crippen LogP contribution is -3.00. The van der Waals surface area contributed by atoms with Crippen molar-refractivity contribution in [2.45, 2.75) is 118 Å². The van der Waals surface area contributed by atoms with Crippen LogP contribution in [0.5, 0.6) is 0 Å². The summed E-state index contributed by atoms with van der Waals surface area (Å²) < 4.78 is 0. The van der Waals surface area contributed by atoms with Crippen LogP contribution in [0, 0.1) is 0 Å². The van der Waals surface area contributed by atoms with E-state index in [1.54, 1.807) is 6.16 Å². The first kappa shape index (κ1) is 26.9. The highest BCUT2D eigenvalue weighted by molar-refractivity contribution is 7.75. The molecule has 0 aromatic rings. The van der Waals surface area contributed by atoms with E-state index in [0.717, 1.165) is 0 Å². The highest BCUT2D eigenvalue weighted by atomic mass is 35.5. The van der Waals surface area contributed by atoms with Crippen molar-refractivity contribution < 1.29 is 12.4 Å². The monoisotopic (exact) mass is 378 g/mol. The molecule has 148 valence electrons. The topological polar surface area (TPSA) is 0 Å². The molecule has 0 nitrogen and oxygen atoms in total. The lowest BCUT2D eigenvalue weighted by molar-refractivity contribution is -0.00000531. The van der Waals surface area contributed by atoms with Gasteiger partial charge in [-0.3, -0.25) is 0 Å². The van der Waals surface area contributed by atoms with Gasteiger partial charge in [-0.1, -0.05) is 84.0 Å². The van der Waals surface area contributed by atoms with E-state index < -0.39 is 7.26 Å². The van der Waals surface area contributed by atoms with Crippen LogP contribution in [0.2, 0.25) is 0 Å². The number of hydrogen-bond donors (Lipinski definition) is 0. The van der Waals surface area contributed by atoms with E-state index >= 15 is 0 Å². The molecule has 0 N–H and O–H groups in total. The molecule has 0 aliphatic carbocycles. The second-order valence-electron chi connectivity index (χ2n) is 7.61. The molecule has 0 rings (SSSR count). The summed E-state index contributed by atoms with van der Waals surface area (Å²) in [6.45, 7) is 9.61. The Morgan fingerprint density at radius 1 is 0.417 bits per heavy atom. The Morgan fingerprint density at radius 2 is 0.708 bits per heavy atom. The third kappa shape index (κ3) is 15.0. The molecule has 0 aromatic heterocycles. The summed E-state index contributed by atoms with van der Waals surface area (Å²) in [6, 6.07) is 0. The average Bonchev–Trinajstić information content (AvgIpc) is 2.59. The summed E-state index contributed by atoms with van der Waals surface area (Å²) in [5.74, 6) is 0. The van der Waals surface area contributed by atoms with Gasteiger partial charge in [-0.25, -0.2) is 0 Å². The van der Waals surface area contributed by atoms with Crippen LogP contribution in [0.3, 0.4) is 0 Å². The molecule has 0 unspecified atom stereocenters. The third-order valence-electron chi connectivity index (χ3n) is 6.00. The maximum absolute atomic E-state index is 2.44. The largest absolute Gasteiger partial charge is 1.00 e. The van der Waals surface area contributed by atoms with Crippen molar-refractivity contribution in [1.82, 2.24) is 0 Å². The van der Waals surface area contributed by atoms with Gasteiger partial charge in [0, 0.05) is 7.26 Å². The van der Waals surface area contributed by atoms with Gasteiger partial charge in [0.05, 0.1) is 24.6 Å². The van der Waals surface area contributed by atoms with Crippen molar-refractivity contribution in [3.8, 4) is 0 Å². The maximum atomic E-state index is 2.44. The number of hydrogen-bond acceptors (Lipinski definition) is 0. The van der Waals surface area contributed by atoms with Gasteiger partial charge in [0.2, 0.25) is 0 Å². The first-order valence-corrected chi connectivity index (χ1v) is 13.6. The Morgan fingerprint density at radius 3 is 1.00 bits per heavy atom. The minimum atomic E-state index is -0.523. The van der Waals surface area contributed by atoms with Crippen LogP contribution < -0.4 is 12.4 Å². The Balaban J connectivity index is 0. The van der Waals surface area contributed by atoms with Gasteiger partial charge >= 0.3 is 0 Å². The van der Waals surface area contributed by atoms with Gasteiger partial charge < -0.3 is 12.4 Å². The van der Waals surface area contributed by atoms with Crippen LogP contribution in [0.25, 0.3) is 0 Å². The number of halogens is 1. The Kier molecular flexibility index (Phi) is 22.5. The fourth-order valence-electron chi connectivity index (χ4n) is 3.79. The SMILES string of the molecule is CCCCCCCCCCCCCCCC[P+](CC)(CC)CC.[Cl-]. The summed E-state index contributed by atoms with van der Waals surface area (Å²) in [5.41, 5.74) is 0. The van der Waals surface area contributed by atoms with Crippen LogP contribution >= 0.6 is 7.26 Å². The molecule has 0 amide bonds. The molecule has 0 saturated carbocycles.